The van der Waals surface area contributed by atoms with Gasteiger partial charge in [0.25, 0.3) is 0 Å². The molecule has 0 heterocycles. The average Bonchev–Trinajstić information content (AvgIpc) is 2.35. The van der Waals surface area contributed by atoms with Crippen LogP contribution in [0.25, 0.3) is 0 Å². The molecule has 17 heavy (non-hydrogen) atoms. The summed E-state index contributed by atoms with van der Waals surface area (Å²) in [6, 6.07) is 9.29. The molecule has 1 rings (SSSR count). The predicted molar refractivity (Wildman–Crippen MR) is 65.9 cm³/mol. The average molecular weight is 234 g/mol. The van der Waals surface area contributed by atoms with Gasteiger partial charge in [0, 0.05) is 11.8 Å². The molecule has 0 aromatic heterocycles. The Kier molecular flexibility index (Phi) is 5.36. The Morgan fingerprint density at radius 2 is 2.18 bits per heavy atom. The highest BCUT2D eigenvalue weighted by molar-refractivity contribution is 5.20. The molecule has 1 radical (unpaired) electrons. The summed E-state index contributed by atoms with van der Waals surface area (Å²) in [7, 11) is 0. The number of hydrogen-bond acceptors (Lipinski definition) is 3. The van der Waals surface area contributed by atoms with Gasteiger partial charge in [0.05, 0.1) is 6.61 Å². The number of nitrogens with zero attached hydrogens (tertiary/aromatic N) is 1. The molecule has 0 saturated heterocycles. The Labute approximate surface area is 101 Å². The Morgan fingerprint density at radius 3 is 2.71 bits per heavy atom. The van der Waals surface area contributed by atoms with Gasteiger partial charge in [-0.1, -0.05) is 36.4 Å². The molecule has 1 aromatic carbocycles. The van der Waals surface area contributed by atoms with E-state index in [9.17, 15) is 10.1 Å². The van der Waals surface area contributed by atoms with Crippen molar-refractivity contribution in [2.24, 2.45) is 0 Å². The lowest BCUT2D eigenvalue weighted by molar-refractivity contribution is -0.477. The molecule has 1 unspecified atom stereocenters. The standard InChI is InChI=1S/C13H16NO3/c1-3-4-10-17-13(11(2)14(15)16)12-8-6-5-7-9-12/h3,5-9,13H,1,4,10H2,2H3. The van der Waals surface area contributed by atoms with Crippen LogP contribution in [0.2, 0.25) is 0 Å². The Morgan fingerprint density at radius 1 is 1.53 bits per heavy atom. The number of ether oxygens (including phenoxy) is 1. The quantitative estimate of drug-likeness (QED) is 0.315. The highest BCUT2D eigenvalue weighted by Crippen LogP contribution is 2.27. The van der Waals surface area contributed by atoms with Crippen LogP contribution in [0.5, 0.6) is 0 Å². The third kappa shape index (κ3) is 4.00. The summed E-state index contributed by atoms with van der Waals surface area (Å²) in [5, 5.41) is 10.8. The molecule has 0 N–H and O–H groups in total. The van der Waals surface area contributed by atoms with E-state index in [0.717, 1.165) is 5.56 Å². The summed E-state index contributed by atoms with van der Waals surface area (Å²) in [4.78, 5) is 10.4. The number of rotatable bonds is 7. The van der Waals surface area contributed by atoms with Crippen molar-refractivity contribution in [1.29, 1.82) is 0 Å². The Bertz CT molecular complexity index is 364. The van der Waals surface area contributed by atoms with E-state index < -0.39 is 11.0 Å². The number of nitro groups is 1. The molecular weight excluding hydrogens is 218 g/mol. The maximum absolute atomic E-state index is 10.8. The van der Waals surface area contributed by atoms with Crippen LogP contribution in [-0.2, 0) is 4.74 Å². The predicted octanol–water partition coefficient (Wildman–Crippen LogP) is 3.15. The second-order valence-corrected chi connectivity index (χ2v) is 3.64. The maximum atomic E-state index is 10.8. The van der Waals surface area contributed by atoms with Crippen LogP contribution >= 0.6 is 0 Å². The van der Waals surface area contributed by atoms with E-state index in [-0.39, 0.29) is 6.04 Å². The molecular formula is C13H16NO3. The molecule has 0 bridgehead atoms. The molecule has 1 aromatic rings. The first-order chi connectivity index (χ1) is 8.16. The van der Waals surface area contributed by atoms with Gasteiger partial charge in [-0.25, -0.2) is 0 Å². The van der Waals surface area contributed by atoms with Gasteiger partial charge >= 0.3 is 6.04 Å². The first-order valence-electron chi connectivity index (χ1n) is 5.42. The molecule has 0 fully saturated rings. The van der Waals surface area contributed by atoms with Crippen molar-refractivity contribution in [1.82, 2.24) is 0 Å². The first-order valence-corrected chi connectivity index (χ1v) is 5.42. The zero-order valence-electron chi connectivity index (χ0n) is 9.83. The van der Waals surface area contributed by atoms with Crippen LogP contribution in [0.4, 0.5) is 0 Å². The SMILES string of the molecule is C=CCCOC([C](C)[N+](=O)[O-])c1ccccc1. The summed E-state index contributed by atoms with van der Waals surface area (Å²) in [6.45, 7) is 5.49. The van der Waals surface area contributed by atoms with Crippen molar-refractivity contribution in [3.63, 3.8) is 0 Å². The fourth-order valence-electron chi connectivity index (χ4n) is 1.45. The van der Waals surface area contributed by atoms with Gasteiger partial charge in [-0.2, -0.15) is 0 Å². The van der Waals surface area contributed by atoms with E-state index in [4.69, 9.17) is 4.74 Å². The van der Waals surface area contributed by atoms with E-state index in [0.29, 0.717) is 13.0 Å². The second kappa shape index (κ2) is 6.81. The van der Waals surface area contributed by atoms with E-state index >= 15 is 0 Å². The van der Waals surface area contributed by atoms with Crippen LogP contribution in [0.1, 0.15) is 25.0 Å². The first kappa shape index (κ1) is 13.4. The third-order valence-electron chi connectivity index (χ3n) is 2.38. The highest BCUT2D eigenvalue weighted by atomic mass is 16.6. The van der Waals surface area contributed by atoms with Gasteiger partial charge in [0.15, 0.2) is 6.10 Å². The minimum Gasteiger partial charge on any atom is -0.365 e. The van der Waals surface area contributed by atoms with E-state index in [1.807, 2.05) is 30.3 Å². The van der Waals surface area contributed by atoms with Gasteiger partial charge in [0.1, 0.15) is 0 Å². The molecule has 0 aliphatic heterocycles. The summed E-state index contributed by atoms with van der Waals surface area (Å²) < 4.78 is 5.54. The molecule has 0 aliphatic carbocycles. The van der Waals surface area contributed by atoms with E-state index in [1.54, 1.807) is 6.08 Å². The summed E-state index contributed by atoms with van der Waals surface area (Å²) in [6.07, 6.45) is 1.81. The minimum atomic E-state index is -0.592. The van der Waals surface area contributed by atoms with Crippen molar-refractivity contribution in [2.75, 3.05) is 6.61 Å². The van der Waals surface area contributed by atoms with Crippen LogP contribution in [0.3, 0.4) is 0 Å². The van der Waals surface area contributed by atoms with Crippen molar-refractivity contribution >= 4 is 0 Å². The summed E-state index contributed by atoms with van der Waals surface area (Å²) in [5.41, 5.74) is 0.797. The summed E-state index contributed by atoms with van der Waals surface area (Å²) in [5.74, 6) is 0. The van der Waals surface area contributed by atoms with E-state index in [2.05, 4.69) is 6.58 Å². The van der Waals surface area contributed by atoms with Crippen molar-refractivity contribution in [2.45, 2.75) is 19.4 Å². The lowest BCUT2D eigenvalue weighted by atomic mass is 10.0. The lowest BCUT2D eigenvalue weighted by Crippen LogP contribution is -2.19. The number of hydrogen-bond donors (Lipinski definition) is 0. The van der Waals surface area contributed by atoms with Gasteiger partial charge < -0.3 is 4.74 Å². The van der Waals surface area contributed by atoms with Crippen molar-refractivity contribution in [3.05, 3.63) is 64.7 Å². The zero-order chi connectivity index (χ0) is 12.7. The fraction of sp³-hybridized carbons (Fsp3) is 0.308. The molecule has 0 amide bonds. The fourth-order valence-corrected chi connectivity index (χ4v) is 1.45. The lowest BCUT2D eigenvalue weighted by Gasteiger charge is -2.17. The molecule has 4 heteroatoms. The van der Waals surface area contributed by atoms with Gasteiger partial charge in [-0.3, -0.25) is 10.1 Å². The minimum absolute atomic E-state index is 0.0975. The van der Waals surface area contributed by atoms with Crippen LogP contribution in [0, 0.1) is 16.2 Å². The third-order valence-corrected chi connectivity index (χ3v) is 2.38. The molecule has 91 valence electrons. The Balaban J connectivity index is 2.78. The maximum Gasteiger partial charge on any atom is 0.320 e. The summed E-state index contributed by atoms with van der Waals surface area (Å²) >= 11 is 0. The Hall–Kier alpha value is -1.68. The molecule has 0 aliphatic rings. The molecule has 0 spiro atoms. The van der Waals surface area contributed by atoms with Gasteiger partial charge in [0.2, 0.25) is 0 Å². The largest absolute Gasteiger partial charge is 0.365 e. The van der Waals surface area contributed by atoms with Crippen LogP contribution in [-0.4, -0.2) is 11.5 Å². The molecule has 1 atom stereocenters. The van der Waals surface area contributed by atoms with Crippen LogP contribution in [0.15, 0.2) is 43.0 Å². The number of benzene rings is 1. The second-order valence-electron chi connectivity index (χ2n) is 3.64. The van der Waals surface area contributed by atoms with Crippen molar-refractivity contribution < 1.29 is 9.66 Å². The zero-order valence-corrected chi connectivity index (χ0v) is 9.83. The normalized spacial score (nSPS) is 12.4. The highest BCUT2D eigenvalue weighted by Gasteiger charge is 2.31. The molecule has 0 saturated carbocycles. The topological polar surface area (TPSA) is 52.4 Å². The van der Waals surface area contributed by atoms with Crippen LogP contribution < -0.4 is 0 Å². The van der Waals surface area contributed by atoms with Gasteiger partial charge in [-0.15, -0.1) is 6.58 Å². The van der Waals surface area contributed by atoms with E-state index in [1.165, 1.54) is 6.92 Å². The molecule has 4 nitrogen and oxygen atoms in total. The van der Waals surface area contributed by atoms with Gasteiger partial charge in [-0.05, 0) is 12.0 Å². The van der Waals surface area contributed by atoms with Crippen molar-refractivity contribution in [3.8, 4) is 0 Å². The monoisotopic (exact) mass is 234 g/mol. The smallest absolute Gasteiger partial charge is 0.320 e.